The number of anilines is 4. The second-order valence-electron chi connectivity index (χ2n) is 8.87. The lowest BCUT2D eigenvalue weighted by atomic mass is 10.1. The summed E-state index contributed by atoms with van der Waals surface area (Å²) in [5, 5.41) is 7.40. The number of sulfone groups is 1. The molecule has 1 aromatic carbocycles. The Morgan fingerprint density at radius 1 is 0.865 bits per heavy atom. The molecule has 0 atom stereocenters. The van der Waals surface area contributed by atoms with Gasteiger partial charge in [-0.25, -0.2) is 28.4 Å². The molecule has 0 saturated heterocycles. The van der Waals surface area contributed by atoms with E-state index in [9.17, 15) is 8.42 Å². The SMILES string of the molecule is Cc1nc2c(Nc3ccc(-c4nc(C)sc4C)cc3S(C)(=O)=O)cc(Nc3cnc(C)c(C)n3)nc2[nH]1. The van der Waals surface area contributed by atoms with Crippen LogP contribution in [0.1, 0.15) is 27.1 Å². The van der Waals surface area contributed by atoms with Gasteiger partial charge in [0.05, 0.1) is 44.6 Å². The van der Waals surface area contributed by atoms with E-state index in [-0.39, 0.29) is 4.90 Å². The number of hydrogen-bond acceptors (Lipinski definition) is 10. The first-order valence-electron chi connectivity index (χ1n) is 11.5. The molecule has 0 aliphatic heterocycles. The van der Waals surface area contributed by atoms with Crippen molar-refractivity contribution in [2.24, 2.45) is 0 Å². The molecule has 5 aromatic rings. The van der Waals surface area contributed by atoms with Crippen molar-refractivity contribution in [3.05, 3.63) is 57.6 Å². The average Bonchev–Trinajstić information content (AvgIpc) is 3.36. The van der Waals surface area contributed by atoms with E-state index in [0.717, 1.165) is 32.5 Å². The number of nitrogens with zero attached hydrogens (tertiary/aromatic N) is 5. The van der Waals surface area contributed by atoms with Gasteiger partial charge in [0.25, 0.3) is 0 Å². The molecule has 0 aliphatic rings. The standard InChI is InChI=1S/C25H26N8O2S2/c1-12-13(2)27-22(11-26-12)32-21-10-19(24-25(33-21)29-15(4)28-24)31-18-8-7-17(9-20(18)37(6,34)35)23-14(3)36-16(5)30-23/h7-11H,1-6H3,(H3,27,28,29,31,32,33). The zero-order chi connectivity index (χ0) is 26.5. The summed E-state index contributed by atoms with van der Waals surface area (Å²) in [4.78, 5) is 27.0. The molecule has 0 fully saturated rings. The number of nitrogens with one attached hydrogen (secondary N) is 3. The minimum atomic E-state index is -3.57. The van der Waals surface area contributed by atoms with Crippen molar-refractivity contribution in [3.8, 4) is 11.3 Å². The van der Waals surface area contributed by atoms with Crippen molar-refractivity contribution in [2.75, 3.05) is 16.9 Å². The molecule has 0 radical (unpaired) electrons. The predicted molar refractivity (Wildman–Crippen MR) is 147 cm³/mol. The smallest absolute Gasteiger partial charge is 0.177 e. The van der Waals surface area contributed by atoms with Crippen LogP contribution in [0.3, 0.4) is 0 Å². The van der Waals surface area contributed by atoms with E-state index in [2.05, 4.69) is 40.5 Å². The second-order valence-corrected chi connectivity index (χ2v) is 12.3. The van der Waals surface area contributed by atoms with Crippen LogP contribution in [0.5, 0.6) is 0 Å². The molecule has 0 saturated carbocycles. The number of thiazole rings is 1. The van der Waals surface area contributed by atoms with Gasteiger partial charge in [-0.15, -0.1) is 11.3 Å². The maximum atomic E-state index is 12.8. The van der Waals surface area contributed by atoms with Crippen molar-refractivity contribution >= 4 is 55.3 Å². The van der Waals surface area contributed by atoms with Crippen molar-refractivity contribution < 1.29 is 8.42 Å². The first kappa shape index (κ1) is 24.8. The lowest BCUT2D eigenvalue weighted by Gasteiger charge is -2.14. The number of benzene rings is 1. The first-order chi connectivity index (χ1) is 17.5. The highest BCUT2D eigenvalue weighted by molar-refractivity contribution is 7.90. The molecule has 0 spiro atoms. The van der Waals surface area contributed by atoms with Gasteiger partial charge in [-0.3, -0.25) is 4.98 Å². The monoisotopic (exact) mass is 534 g/mol. The van der Waals surface area contributed by atoms with Crippen molar-refractivity contribution in [3.63, 3.8) is 0 Å². The second kappa shape index (κ2) is 9.20. The van der Waals surface area contributed by atoms with Crippen molar-refractivity contribution in [1.82, 2.24) is 29.9 Å². The van der Waals surface area contributed by atoms with E-state index < -0.39 is 9.84 Å². The molecule has 3 N–H and O–H groups in total. The maximum absolute atomic E-state index is 12.8. The molecule has 0 bridgehead atoms. The Morgan fingerprint density at radius 3 is 2.32 bits per heavy atom. The van der Waals surface area contributed by atoms with Crippen LogP contribution in [-0.2, 0) is 9.84 Å². The number of imidazole rings is 1. The number of aryl methyl sites for hydroxylation is 5. The number of aromatic nitrogens is 6. The number of hydrogen-bond donors (Lipinski definition) is 3. The number of H-pyrrole nitrogens is 1. The number of fused-ring (bicyclic) bond motifs is 1. The molecule has 4 heterocycles. The van der Waals surface area contributed by atoms with Crippen molar-refractivity contribution in [1.29, 1.82) is 0 Å². The third kappa shape index (κ3) is 5.02. The molecule has 12 heteroatoms. The lowest BCUT2D eigenvalue weighted by Crippen LogP contribution is -2.05. The summed E-state index contributed by atoms with van der Waals surface area (Å²) in [7, 11) is -3.57. The molecule has 4 aromatic heterocycles. The van der Waals surface area contributed by atoms with E-state index in [1.165, 1.54) is 6.26 Å². The highest BCUT2D eigenvalue weighted by atomic mass is 32.2. The van der Waals surface area contributed by atoms with Gasteiger partial charge in [-0.1, -0.05) is 6.07 Å². The highest BCUT2D eigenvalue weighted by Gasteiger charge is 2.19. The predicted octanol–water partition coefficient (Wildman–Crippen LogP) is 5.30. The average molecular weight is 535 g/mol. The van der Waals surface area contributed by atoms with Gasteiger partial charge in [-0.2, -0.15) is 0 Å². The molecule has 10 nitrogen and oxygen atoms in total. The van der Waals surface area contributed by atoms with Gasteiger partial charge in [0.1, 0.15) is 23.0 Å². The first-order valence-corrected chi connectivity index (χ1v) is 14.2. The lowest BCUT2D eigenvalue weighted by molar-refractivity contribution is 0.602. The molecular weight excluding hydrogens is 508 g/mol. The van der Waals surface area contributed by atoms with Gasteiger partial charge < -0.3 is 15.6 Å². The van der Waals surface area contributed by atoms with Crippen LogP contribution in [-0.4, -0.2) is 44.6 Å². The minimum Gasteiger partial charge on any atom is -0.352 e. The molecule has 37 heavy (non-hydrogen) atoms. The fourth-order valence-corrected chi connectivity index (χ4v) is 5.72. The van der Waals surface area contributed by atoms with Crippen LogP contribution in [0.15, 0.2) is 35.4 Å². The van der Waals surface area contributed by atoms with Crippen LogP contribution in [0.25, 0.3) is 22.4 Å². The number of rotatable bonds is 6. The zero-order valence-corrected chi connectivity index (χ0v) is 22.9. The number of aromatic amines is 1. The van der Waals surface area contributed by atoms with Crippen molar-refractivity contribution in [2.45, 2.75) is 39.5 Å². The van der Waals surface area contributed by atoms with Gasteiger partial charge in [0, 0.05) is 22.8 Å². The largest absolute Gasteiger partial charge is 0.352 e. The van der Waals surface area contributed by atoms with E-state index in [1.54, 1.807) is 35.7 Å². The third-order valence-corrected chi connectivity index (χ3v) is 7.87. The normalized spacial score (nSPS) is 11.7. The van der Waals surface area contributed by atoms with Gasteiger partial charge in [-0.05, 0) is 46.8 Å². The topological polar surface area (TPSA) is 138 Å². The fraction of sp³-hybridized carbons (Fsp3) is 0.240. The molecule has 190 valence electrons. The van der Waals surface area contributed by atoms with E-state index >= 15 is 0 Å². The van der Waals surface area contributed by atoms with Crippen LogP contribution in [0.4, 0.5) is 23.0 Å². The van der Waals surface area contributed by atoms with Crippen LogP contribution in [0, 0.1) is 34.6 Å². The van der Waals surface area contributed by atoms with Crippen LogP contribution in [0.2, 0.25) is 0 Å². The Kier molecular flexibility index (Phi) is 6.16. The summed E-state index contributed by atoms with van der Waals surface area (Å²) < 4.78 is 25.7. The Bertz CT molecular complexity index is 1770. The fourth-order valence-electron chi connectivity index (χ4n) is 4.02. The Hall–Kier alpha value is -3.90. The molecule has 0 aliphatic carbocycles. The van der Waals surface area contributed by atoms with E-state index in [0.29, 0.717) is 40.0 Å². The van der Waals surface area contributed by atoms with Gasteiger partial charge in [0.15, 0.2) is 15.5 Å². The summed E-state index contributed by atoms with van der Waals surface area (Å²) in [6.07, 6.45) is 2.84. The van der Waals surface area contributed by atoms with Crippen LogP contribution >= 0.6 is 11.3 Å². The van der Waals surface area contributed by atoms with E-state index in [1.807, 2.05) is 40.7 Å². The molecular formula is C25H26N8O2S2. The third-order valence-electron chi connectivity index (χ3n) is 5.85. The van der Waals surface area contributed by atoms with Gasteiger partial charge in [0.2, 0.25) is 0 Å². The Labute approximate surface area is 218 Å². The summed E-state index contributed by atoms with van der Waals surface area (Å²) in [5.74, 6) is 1.73. The number of pyridine rings is 1. The summed E-state index contributed by atoms with van der Waals surface area (Å²) in [6, 6.07) is 7.06. The summed E-state index contributed by atoms with van der Waals surface area (Å²) in [6.45, 7) is 9.54. The maximum Gasteiger partial charge on any atom is 0.177 e. The van der Waals surface area contributed by atoms with Gasteiger partial charge >= 0.3 is 0 Å². The molecule has 0 amide bonds. The summed E-state index contributed by atoms with van der Waals surface area (Å²) in [5.41, 5.74) is 5.35. The van der Waals surface area contributed by atoms with Crippen LogP contribution < -0.4 is 10.6 Å². The quantitative estimate of drug-likeness (QED) is 0.265. The molecule has 5 rings (SSSR count). The Balaban J connectivity index is 1.59. The Morgan fingerprint density at radius 2 is 1.65 bits per heavy atom. The summed E-state index contributed by atoms with van der Waals surface area (Å²) >= 11 is 1.58. The zero-order valence-electron chi connectivity index (χ0n) is 21.3. The van der Waals surface area contributed by atoms with E-state index in [4.69, 9.17) is 0 Å². The molecule has 0 unspecified atom stereocenters. The minimum absolute atomic E-state index is 0.168. The highest BCUT2D eigenvalue weighted by Crippen LogP contribution is 2.35.